The molecule has 1 saturated heterocycles. The number of rotatable bonds is 3. The minimum absolute atomic E-state index is 0.136. The van der Waals surface area contributed by atoms with Gasteiger partial charge in [-0.2, -0.15) is 0 Å². The van der Waals surface area contributed by atoms with Crippen molar-refractivity contribution in [1.29, 1.82) is 0 Å². The number of carbonyl (C=O) groups is 1. The molecule has 0 radical (unpaired) electrons. The van der Waals surface area contributed by atoms with Crippen LogP contribution in [0.3, 0.4) is 0 Å². The highest BCUT2D eigenvalue weighted by molar-refractivity contribution is 6.42. The Labute approximate surface area is 195 Å². The third-order valence-electron chi connectivity index (χ3n) is 5.35. The summed E-state index contributed by atoms with van der Waals surface area (Å²) >= 11 is 11.8. The first-order valence-electron chi connectivity index (χ1n) is 10.1. The van der Waals surface area contributed by atoms with Crippen molar-refractivity contribution >= 4 is 51.7 Å². The number of likely N-dealkylation sites (tertiary alicyclic amines) is 1. The summed E-state index contributed by atoms with van der Waals surface area (Å²) in [6.07, 6.45) is 1.09. The summed E-state index contributed by atoms with van der Waals surface area (Å²) in [6.45, 7) is 8.69. The molecule has 1 amide bonds. The maximum atomic E-state index is 14.5. The maximum Gasteiger partial charge on any atom is 0.410 e. The number of halogens is 3. The van der Waals surface area contributed by atoms with E-state index in [1.165, 1.54) is 18.5 Å². The lowest BCUT2D eigenvalue weighted by atomic mass is 9.75. The van der Waals surface area contributed by atoms with Crippen molar-refractivity contribution in [2.45, 2.75) is 38.7 Å². The Morgan fingerprint density at radius 2 is 1.91 bits per heavy atom. The number of ether oxygens (including phenoxy) is 1. The average molecular weight is 477 g/mol. The second-order valence-electron chi connectivity index (χ2n) is 9.20. The van der Waals surface area contributed by atoms with Gasteiger partial charge in [-0.1, -0.05) is 36.2 Å². The van der Waals surface area contributed by atoms with E-state index in [1.807, 2.05) is 39.0 Å². The van der Waals surface area contributed by atoms with Crippen molar-refractivity contribution < 1.29 is 13.9 Å². The van der Waals surface area contributed by atoms with Crippen LogP contribution < -0.4 is 5.32 Å². The van der Waals surface area contributed by atoms with Gasteiger partial charge >= 0.3 is 6.09 Å². The van der Waals surface area contributed by atoms with E-state index in [0.29, 0.717) is 24.4 Å². The fourth-order valence-corrected chi connectivity index (χ4v) is 4.03. The Morgan fingerprint density at radius 3 is 2.59 bits per heavy atom. The van der Waals surface area contributed by atoms with E-state index in [1.54, 1.807) is 4.90 Å². The fraction of sp³-hybridized carbons (Fsp3) is 0.348. The van der Waals surface area contributed by atoms with Crippen molar-refractivity contribution in [3.8, 4) is 0 Å². The third-order valence-corrected chi connectivity index (χ3v) is 6.13. The molecule has 1 aromatic heterocycles. The molecular weight excluding hydrogens is 454 g/mol. The normalized spacial score (nSPS) is 15.4. The largest absolute Gasteiger partial charge is 0.444 e. The van der Waals surface area contributed by atoms with Crippen LogP contribution in [0.4, 0.5) is 20.7 Å². The van der Waals surface area contributed by atoms with Crippen molar-refractivity contribution in [3.05, 3.63) is 58.1 Å². The molecule has 2 heterocycles. The van der Waals surface area contributed by atoms with Gasteiger partial charge < -0.3 is 15.0 Å². The Hall–Kier alpha value is -2.64. The molecule has 6 nitrogen and oxygen atoms in total. The summed E-state index contributed by atoms with van der Waals surface area (Å²) in [5, 5.41) is 3.71. The summed E-state index contributed by atoms with van der Waals surface area (Å²) in [4.78, 5) is 22.6. The van der Waals surface area contributed by atoms with E-state index in [9.17, 15) is 9.18 Å². The summed E-state index contributed by atoms with van der Waals surface area (Å²) in [6, 6.07) is 8.88. The van der Waals surface area contributed by atoms with Crippen LogP contribution in [0.25, 0.3) is 10.9 Å². The summed E-state index contributed by atoms with van der Waals surface area (Å²) < 4.78 is 20.0. The van der Waals surface area contributed by atoms with Gasteiger partial charge in [0.1, 0.15) is 17.7 Å². The van der Waals surface area contributed by atoms with E-state index < -0.39 is 11.4 Å². The van der Waals surface area contributed by atoms with Gasteiger partial charge in [0.05, 0.1) is 21.2 Å². The molecule has 0 unspecified atom stereocenters. The number of anilines is 2. The second kappa shape index (κ2) is 8.05. The SMILES string of the molecule is CC(C)(C)OC(=O)N1CC(C)(c2ccc3ncnc(Nc4ccc(Cl)c(Cl)c4F)c3c2)C1. The maximum absolute atomic E-state index is 14.5. The molecule has 0 bridgehead atoms. The molecule has 168 valence electrons. The number of aromatic nitrogens is 2. The summed E-state index contributed by atoms with van der Waals surface area (Å²) in [7, 11) is 0. The number of nitrogens with one attached hydrogen (secondary N) is 1. The summed E-state index contributed by atoms with van der Waals surface area (Å²) in [5.41, 5.74) is 1.11. The van der Waals surface area contributed by atoms with Gasteiger partial charge in [-0.05, 0) is 50.6 Å². The molecule has 0 saturated carbocycles. The van der Waals surface area contributed by atoms with Gasteiger partial charge in [0.15, 0.2) is 5.82 Å². The first kappa shape index (κ1) is 22.6. The Balaban J connectivity index is 1.61. The van der Waals surface area contributed by atoms with Gasteiger partial charge in [-0.15, -0.1) is 0 Å². The van der Waals surface area contributed by atoms with Gasteiger partial charge in [0.25, 0.3) is 0 Å². The molecule has 1 fully saturated rings. The first-order valence-corrected chi connectivity index (χ1v) is 10.9. The molecule has 4 rings (SSSR count). The van der Waals surface area contributed by atoms with Crippen LogP contribution in [0.15, 0.2) is 36.7 Å². The van der Waals surface area contributed by atoms with Crippen LogP contribution in [0.1, 0.15) is 33.3 Å². The number of fused-ring (bicyclic) bond motifs is 1. The number of benzene rings is 2. The van der Waals surface area contributed by atoms with Crippen molar-refractivity contribution in [1.82, 2.24) is 14.9 Å². The molecule has 1 aliphatic rings. The lowest BCUT2D eigenvalue weighted by Crippen LogP contribution is -2.60. The van der Waals surface area contributed by atoms with E-state index in [0.717, 1.165) is 10.9 Å². The van der Waals surface area contributed by atoms with Crippen molar-refractivity contribution in [3.63, 3.8) is 0 Å². The minimum atomic E-state index is -0.652. The van der Waals surface area contributed by atoms with Crippen LogP contribution in [-0.4, -0.2) is 39.7 Å². The van der Waals surface area contributed by atoms with E-state index >= 15 is 0 Å². The standard InChI is InChI=1S/C23H23Cl2FN4O2/c1-22(2,3)32-21(31)30-10-23(4,11-30)13-5-7-16-14(9-13)20(28-12-27-16)29-17-8-6-15(24)18(25)19(17)26/h5-9,12H,10-11H2,1-4H3,(H,27,28,29). The topological polar surface area (TPSA) is 67.3 Å². The van der Waals surface area contributed by atoms with Crippen LogP contribution in [0.2, 0.25) is 10.0 Å². The Bertz CT molecular complexity index is 1210. The van der Waals surface area contributed by atoms with Gasteiger partial charge in [0.2, 0.25) is 0 Å². The fourth-order valence-electron chi connectivity index (χ4n) is 3.72. The van der Waals surface area contributed by atoms with E-state index in [2.05, 4.69) is 22.2 Å². The zero-order valence-electron chi connectivity index (χ0n) is 18.2. The molecule has 2 aromatic carbocycles. The molecule has 0 spiro atoms. The molecule has 3 aromatic rings. The summed E-state index contributed by atoms with van der Waals surface area (Å²) in [5.74, 6) is -0.206. The van der Waals surface area contributed by atoms with Crippen LogP contribution >= 0.6 is 23.2 Å². The average Bonchev–Trinajstić information content (AvgIpc) is 2.70. The van der Waals surface area contributed by atoms with Crippen molar-refractivity contribution in [2.75, 3.05) is 18.4 Å². The quantitative estimate of drug-likeness (QED) is 0.447. The molecule has 0 aliphatic carbocycles. The monoisotopic (exact) mass is 476 g/mol. The number of hydrogen-bond donors (Lipinski definition) is 1. The second-order valence-corrected chi connectivity index (χ2v) is 9.98. The van der Waals surface area contributed by atoms with Gasteiger partial charge in [-0.3, -0.25) is 0 Å². The van der Waals surface area contributed by atoms with Crippen LogP contribution in [0, 0.1) is 5.82 Å². The first-order chi connectivity index (χ1) is 15.0. The number of amides is 1. The molecule has 1 N–H and O–H groups in total. The third kappa shape index (κ3) is 4.32. The zero-order valence-corrected chi connectivity index (χ0v) is 19.7. The molecular formula is C23H23Cl2FN4O2. The van der Waals surface area contributed by atoms with Crippen LogP contribution in [0.5, 0.6) is 0 Å². The molecule has 9 heteroatoms. The van der Waals surface area contributed by atoms with Crippen molar-refractivity contribution in [2.24, 2.45) is 0 Å². The van der Waals surface area contributed by atoms with Gasteiger partial charge in [0, 0.05) is 23.9 Å². The van der Waals surface area contributed by atoms with E-state index in [-0.39, 0.29) is 27.2 Å². The predicted molar refractivity (Wildman–Crippen MR) is 124 cm³/mol. The Morgan fingerprint density at radius 1 is 1.19 bits per heavy atom. The molecule has 32 heavy (non-hydrogen) atoms. The molecule has 0 atom stereocenters. The number of carbonyl (C=O) groups excluding carboxylic acids is 1. The lowest BCUT2D eigenvalue weighted by Gasteiger charge is -2.48. The number of hydrogen-bond acceptors (Lipinski definition) is 5. The highest BCUT2D eigenvalue weighted by Gasteiger charge is 2.44. The predicted octanol–water partition coefficient (Wildman–Crippen LogP) is 6.33. The lowest BCUT2D eigenvalue weighted by molar-refractivity contribution is -0.00648. The van der Waals surface area contributed by atoms with Crippen LogP contribution in [-0.2, 0) is 10.2 Å². The highest BCUT2D eigenvalue weighted by atomic mass is 35.5. The molecule has 1 aliphatic heterocycles. The number of nitrogens with zero attached hydrogens (tertiary/aromatic N) is 3. The smallest absolute Gasteiger partial charge is 0.410 e. The highest BCUT2D eigenvalue weighted by Crippen LogP contribution is 2.38. The zero-order chi connectivity index (χ0) is 23.3. The van der Waals surface area contributed by atoms with E-state index in [4.69, 9.17) is 27.9 Å². The Kier molecular flexibility index (Phi) is 5.67. The van der Waals surface area contributed by atoms with Gasteiger partial charge in [-0.25, -0.2) is 19.2 Å². The minimum Gasteiger partial charge on any atom is -0.444 e.